The van der Waals surface area contributed by atoms with Gasteiger partial charge >= 0.3 is 5.97 Å². The Balaban J connectivity index is 1.84. The standard InChI is InChI=1S/C17H16N2O2/c20-17(21)16(19-13-6-2-1-3-7-13)10-12-11-18-15-9-5-4-8-14(12)15/h1-9,11,16,18-19H,10H2,(H,20,21)/t16-/m0/s1. The smallest absolute Gasteiger partial charge is 0.326 e. The van der Waals surface area contributed by atoms with Gasteiger partial charge in [0.25, 0.3) is 0 Å². The van der Waals surface area contributed by atoms with E-state index in [1.54, 1.807) is 0 Å². The van der Waals surface area contributed by atoms with Crippen molar-refractivity contribution in [3.63, 3.8) is 0 Å². The average molecular weight is 280 g/mol. The Morgan fingerprint density at radius 3 is 2.57 bits per heavy atom. The van der Waals surface area contributed by atoms with Crippen LogP contribution in [0.1, 0.15) is 5.56 Å². The summed E-state index contributed by atoms with van der Waals surface area (Å²) in [6.45, 7) is 0. The highest BCUT2D eigenvalue weighted by Gasteiger charge is 2.19. The highest BCUT2D eigenvalue weighted by Crippen LogP contribution is 2.20. The SMILES string of the molecule is O=C(O)[C@H](Cc1c[nH]c2ccccc12)Nc1ccccc1. The molecule has 0 aliphatic rings. The van der Waals surface area contributed by atoms with Crippen LogP contribution in [0, 0.1) is 0 Å². The van der Waals surface area contributed by atoms with E-state index in [1.165, 1.54) is 0 Å². The van der Waals surface area contributed by atoms with Gasteiger partial charge in [-0.15, -0.1) is 0 Å². The maximum atomic E-state index is 11.5. The number of nitrogens with one attached hydrogen (secondary N) is 2. The normalized spacial score (nSPS) is 12.2. The number of carboxylic acids is 1. The molecule has 1 atom stereocenters. The molecular weight excluding hydrogens is 264 g/mol. The van der Waals surface area contributed by atoms with Gasteiger partial charge in [-0.1, -0.05) is 36.4 Å². The molecule has 0 aliphatic carbocycles. The van der Waals surface area contributed by atoms with Crippen molar-refractivity contribution < 1.29 is 9.90 Å². The van der Waals surface area contributed by atoms with Crippen LogP contribution in [0.2, 0.25) is 0 Å². The van der Waals surface area contributed by atoms with Crippen LogP contribution in [-0.2, 0) is 11.2 Å². The molecule has 0 spiro atoms. The molecule has 3 N–H and O–H groups in total. The minimum absolute atomic E-state index is 0.425. The van der Waals surface area contributed by atoms with E-state index in [2.05, 4.69) is 10.3 Å². The molecule has 0 unspecified atom stereocenters. The molecule has 0 aliphatic heterocycles. The first-order chi connectivity index (χ1) is 10.2. The van der Waals surface area contributed by atoms with Crippen molar-refractivity contribution in [1.29, 1.82) is 0 Å². The molecule has 0 saturated heterocycles. The second-order valence-electron chi connectivity index (χ2n) is 4.96. The van der Waals surface area contributed by atoms with Crippen molar-refractivity contribution in [3.05, 3.63) is 66.4 Å². The summed E-state index contributed by atoms with van der Waals surface area (Å²) in [5, 5.41) is 13.6. The Bertz CT molecular complexity index is 750. The molecule has 3 rings (SSSR count). The van der Waals surface area contributed by atoms with E-state index in [0.717, 1.165) is 22.2 Å². The second-order valence-corrected chi connectivity index (χ2v) is 4.96. The number of fused-ring (bicyclic) bond motifs is 1. The molecule has 0 saturated carbocycles. The van der Waals surface area contributed by atoms with Crippen LogP contribution < -0.4 is 5.32 Å². The van der Waals surface area contributed by atoms with Gasteiger partial charge in [0, 0.05) is 29.2 Å². The van der Waals surface area contributed by atoms with E-state index in [9.17, 15) is 9.90 Å². The highest BCUT2D eigenvalue weighted by atomic mass is 16.4. The second kappa shape index (κ2) is 5.71. The molecule has 0 amide bonds. The van der Waals surface area contributed by atoms with Gasteiger partial charge in [0.15, 0.2) is 0 Å². The number of benzene rings is 2. The number of H-pyrrole nitrogens is 1. The zero-order valence-electron chi connectivity index (χ0n) is 11.4. The van der Waals surface area contributed by atoms with Crippen molar-refractivity contribution in [3.8, 4) is 0 Å². The Hall–Kier alpha value is -2.75. The van der Waals surface area contributed by atoms with Gasteiger partial charge in [-0.05, 0) is 23.8 Å². The molecule has 0 bridgehead atoms. The summed E-state index contributed by atoms with van der Waals surface area (Å²) < 4.78 is 0. The summed E-state index contributed by atoms with van der Waals surface area (Å²) in [7, 11) is 0. The predicted octanol–water partition coefficient (Wildman–Crippen LogP) is 3.28. The molecule has 1 aromatic heterocycles. The molecule has 106 valence electrons. The third-order valence-corrected chi connectivity index (χ3v) is 3.51. The summed E-state index contributed by atoms with van der Waals surface area (Å²) in [6.07, 6.45) is 2.31. The minimum Gasteiger partial charge on any atom is -0.480 e. The Morgan fingerprint density at radius 1 is 1.10 bits per heavy atom. The number of carbonyl (C=O) groups is 1. The number of hydrogen-bond donors (Lipinski definition) is 3. The molecule has 4 heteroatoms. The first-order valence-corrected chi connectivity index (χ1v) is 6.83. The van der Waals surface area contributed by atoms with Gasteiger partial charge in [-0.3, -0.25) is 0 Å². The number of anilines is 1. The highest BCUT2D eigenvalue weighted by molar-refractivity contribution is 5.85. The lowest BCUT2D eigenvalue weighted by Gasteiger charge is -2.15. The van der Waals surface area contributed by atoms with Gasteiger partial charge in [-0.25, -0.2) is 4.79 Å². The lowest BCUT2D eigenvalue weighted by atomic mass is 10.0. The number of aromatic amines is 1. The molecule has 21 heavy (non-hydrogen) atoms. The fourth-order valence-corrected chi connectivity index (χ4v) is 2.46. The molecule has 4 nitrogen and oxygen atoms in total. The zero-order valence-corrected chi connectivity index (χ0v) is 11.4. The summed E-state index contributed by atoms with van der Waals surface area (Å²) in [6, 6.07) is 16.6. The van der Waals surface area contributed by atoms with Crippen molar-refractivity contribution in [2.45, 2.75) is 12.5 Å². The molecule has 3 aromatic rings. The van der Waals surface area contributed by atoms with Crippen molar-refractivity contribution in [1.82, 2.24) is 4.98 Å². The van der Waals surface area contributed by atoms with Crippen LogP contribution in [-0.4, -0.2) is 22.1 Å². The maximum absolute atomic E-state index is 11.5. The zero-order chi connectivity index (χ0) is 14.7. The van der Waals surface area contributed by atoms with E-state index >= 15 is 0 Å². The van der Waals surface area contributed by atoms with Crippen LogP contribution >= 0.6 is 0 Å². The third-order valence-electron chi connectivity index (χ3n) is 3.51. The molecule has 2 aromatic carbocycles. The fourth-order valence-electron chi connectivity index (χ4n) is 2.46. The molecule has 1 heterocycles. The van der Waals surface area contributed by atoms with E-state index in [-0.39, 0.29) is 0 Å². The number of aliphatic carboxylic acids is 1. The predicted molar refractivity (Wildman–Crippen MR) is 83.5 cm³/mol. The Labute approximate surface area is 122 Å². The van der Waals surface area contributed by atoms with E-state index in [0.29, 0.717) is 6.42 Å². The third kappa shape index (κ3) is 2.89. The van der Waals surface area contributed by atoms with Crippen LogP contribution in [0.4, 0.5) is 5.69 Å². The number of carboxylic acid groups (broad SMARTS) is 1. The minimum atomic E-state index is -0.857. The van der Waals surface area contributed by atoms with Crippen LogP contribution in [0.3, 0.4) is 0 Å². The first kappa shape index (κ1) is 13.2. The summed E-state index contributed by atoms with van der Waals surface area (Å²) in [5.74, 6) is -0.857. The summed E-state index contributed by atoms with van der Waals surface area (Å²) in [5.41, 5.74) is 2.84. The molecule has 0 radical (unpaired) electrons. The van der Waals surface area contributed by atoms with Gasteiger partial charge in [0.05, 0.1) is 0 Å². The van der Waals surface area contributed by atoms with E-state index in [1.807, 2.05) is 60.8 Å². The van der Waals surface area contributed by atoms with Gasteiger partial charge in [0.1, 0.15) is 6.04 Å². The van der Waals surface area contributed by atoms with Gasteiger partial charge < -0.3 is 15.4 Å². The quantitative estimate of drug-likeness (QED) is 0.672. The van der Waals surface area contributed by atoms with Gasteiger partial charge in [-0.2, -0.15) is 0 Å². The number of aromatic nitrogens is 1. The fraction of sp³-hybridized carbons (Fsp3) is 0.118. The van der Waals surface area contributed by atoms with E-state index in [4.69, 9.17) is 0 Å². The van der Waals surface area contributed by atoms with Crippen molar-refractivity contribution >= 4 is 22.6 Å². The monoisotopic (exact) mass is 280 g/mol. The molecular formula is C17H16N2O2. The van der Waals surface area contributed by atoms with Crippen LogP contribution in [0.5, 0.6) is 0 Å². The average Bonchev–Trinajstić information content (AvgIpc) is 2.91. The largest absolute Gasteiger partial charge is 0.480 e. The summed E-state index contributed by atoms with van der Waals surface area (Å²) >= 11 is 0. The Kier molecular flexibility index (Phi) is 3.60. The van der Waals surface area contributed by atoms with Gasteiger partial charge in [0.2, 0.25) is 0 Å². The van der Waals surface area contributed by atoms with Crippen molar-refractivity contribution in [2.75, 3.05) is 5.32 Å². The van der Waals surface area contributed by atoms with E-state index < -0.39 is 12.0 Å². The Morgan fingerprint density at radius 2 is 1.81 bits per heavy atom. The topological polar surface area (TPSA) is 65.1 Å². The first-order valence-electron chi connectivity index (χ1n) is 6.83. The number of hydrogen-bond acceptors (Lipinski definition) is 2. The van der Waals surface area contributed by atoms with Crippen LogP contribution in [0.25, 0.3) is 10.9 Å². The van der Waals surface area contributed by atoms with Crippen LogP contribution in [0.15, 0.2) is 60.8 Å². The maximum Gasteiger partial charge on any atom is 0.326 e. The number of rotatable bonds is 5. The summed E-state index contributed by atoms with van der Waals surface area (Å²) in [4.78, 5) is 14.7. The lowest BCUT2D eigenvalue weighted by molar-refractivity contribution is -0.137. The molecule has 0 fully saturated rings. The lowest BCUT2D eigenvalue weighted by Crippen LogP contribution is -2.31. The number of para-hydroxylation sites is 2. The van der Waals surface area contributed by atoms with Crippen molar-refractivity contribution in [2.24, 2.45) is 0 Å².